The molecular formula is C10H16N2O4. The summed E-state index contributed by atoms with van der Waals surface area (Å²) >= 11 is 0. The summed E-state index contributed by atoms with van der Waals surface area (Å²) in [5.74, 6) is -0.507. The van der Waals surface area contributed by atoms with Gasteiger partial charge in [-0.1, -0.05) is 6.92 Å². The maximum atomic E-state index is 11.2. The second-order valence-corrected chi connectivity index (χ2v) is 2.92. The van der Waals surface area contributed by atoms with Crippen molar-refractivity contribution in [3.63, 3.8) is 0 Å². The van der Waals surface area contributed by atoms with E-state index in [1.54, 1.807) is 6.92 Å². The summed E-state index contributed by atoms with van der Waals surface area (Å²) in [5.41, 5.74) is 0.125. The first-order valence-corrected chi connectivity index (χ1v) is 5.24. The molecular weight excluding hydrogens is 212 g/mol. The molecule has 0 atom stereocenters. The number of carbonyl (C=O) groups excluding carboxylic acids is 1. The van der Waals surface area contributed by atoms with Crippen LogP contribution in [0, 0.1) is 0 Å². The Morgan fingerprint density at radius 2 is 2.38 bits per heavy atom. The van der Waals surface area contributed by atoms with E-state index in [1.165, 1.54) is 6.26 Å². The highest BCUT2D eigenvalue weighted by atomic mass is 16.6. The average Bonchev–Trinajstić information content (AvgIpc) is 2.73. The first-order valence-electron chi connectivity index (χ1n) is 5.24. The highest BCUT2D eigenvalue weighted by molar-refractivity contribution is 5.86. The summed E-state index contributed by atoms with van der Waals surface area (Å²) in [7, 11) is 0. The van der Waals surface area contributed by atoms with Gasteiger partial charge in [0.05, 0.1) is 6.61 Å². The second kappa shape index (κ2) is 6.84. The fourth-order valence-corrected chi connectivity index (χ4v) is 1.01. The van der Waals surface area contributed by atoms with Gasteiger partial charge in [0.25, 0.3) is 0 Å². The van der Waals surface area contributed by atoms with E-state index in [9.17, 15) is 4.79 Å². The highest BCUT2D eigenvalue weighted by Gasteiger charge is 2.13. The van der Waals surface area contributed by atoms with Crippen LogP contribution < -0.4 is 10.1 Å². The molecule has 6 nitrogen and oxygen atoms in total. The summed E-state index contributed by atoms with van der Waals surface area (Å²) in [6.45, 7) is 6.06. The number of aromatic nitrogens is 1. The fourth-order valence-electron chi connectivity index (χ4n) is 1.01. The van der Waals surface area contributed by atoms with Crippen molar-refractivity contribution in [2.24, 2.45) is 0 Å². The van der Waals surface area contributed by atoms with Crippen LogP contribution in [0.2, 0.25) is 0 Å². The molecule has 0 spiro atoms. The number of oxazole rings is 1. The zero-order chi connectivity index (χ0) is 11.8. The van der Waals surface area contributed by atoms with Gasteiger partial charge in [-0.3, -0.25) is 0 Å². The van der Waals surface area contributed by atoms with E-state index in [-0.39, 0.29) is 11.8 Å². The number of nitrogens with zero attached hydrogens (tertiary/aromatic N) is 1. The van der Waals surface area contributed by atoms with E-state index in [1.807, 2.05) is 6.92 Å². The van der Waals surface area contributed by atoms with Crippen molar-refractivity contribution in [3.8, 4) is 6.08 Å². The molecule has 90 valence electrons. The maximum Gasteiger partial charge on any atom is 0.394 e. The van der Waals surface area contributed by atoms with Gasteiger partial charge in [0, 0.05) is 6.54 Å². The number of carbonyl (C=O) groups is 1. The third kappa shape index (κ3) is 3.90. The number of hydrogen-bond donors (Lipinski definition) is 1. The van der Waals surface area contributed by atoms with Crippen LogP contribution in [0.25, 0.3) is 0 Å². The molecule has 0 saturated carbocycles. The van der Waals surface area contributed by atoms with E-state index in [0.29, 0.717) is 19.8 Å². The zero-order valence-corrected chi connectivity index (χ0v) is 9.49. The number of nitrogens with one attached hydrogen (secondary N) is 1. The van der Waals surface area contributed by atoms with Gasteiger partial charge in [-0.15, -0.1) is 0 Å². The van der Waals surface area contributed by atoms with Crippen molar-refractivity contribution in [1.29, 1.82) is 0 Å². The van der Waals surface area contributed by atoms with Crippen molar-refractivity contribution in [2.45, 2.75) is 13.8 Å². The van der Waals surface area contributed by atoms with Gasteiger partial charge in [0.2, 0.25) is 0 Å². The Morgan fingerprint density at radius 3 is 3.06 bits per heavy atom. The number of likely N-dealkylation sites (N-methyl/N-ethyl adjacent to an activating group) is 1. The first kappa shape index (κ1) is 12.5. The Kier molecular flexibility index (Phi) is 5.35. The summed E-state index contributed by atoms with van der Waals surface area (Å²) in [5, 5.41) is 3.08. The first-order chi connectivity index (χ1) is 7.77. The standard InChI is InChI=1S/C10H16N2O4/c1-3-11-5-6-15-10-12-8(7-16-10)9(13)14-4-2/h7,11H,3-6H2,1-2H3. The Balaban J connectivity index is 2.36. The van der Waals surface area contributed by atoms with Crippen LogP contribution in [-0.4, -0.2) is 37.3 Å². The van der Waals surface area contributed by atoms with Crippen LogP contribution in [0.15, 0.2) is 10.7 Å². The minimum Gasteiger partial charge on any atom is -0.461 e. The Morgan fingerprint density at radius 1 is 1.56 bits per heavy atom. The minimum atomic E-state index is -0.507. The molecule has 0 bridgehead atoms. The van der Waals surface area contributed by atoms with E-state index < -0.39 is 5.97 Å². The molecule has 0 aliphatic heterocycles. The molecule has 0 saturated heterocycles. The van der Waals surface area contributed by atoms with Crippen molar-refractivity contribution < 1.29 is 18.7 Å². The zero-order valence-electron chi connectivity index (χ0n) is 9.49. The molecule has 1 heterocycles. The molecule has 0 aliphatic carbocycles. The van der Waals surface area contributed by atoms with Crippen molar-refractivity contribution >= 4 is 5.97 Å². The molecule has 1 aromatic rings. The quantitative estimate of drug-likeness (QED) is 0.550. The van der Waals surface area contributed by atoms with E-state index >= 15 is 0 Å². The molecule has 1 aromatic heterocycles. The molecule has 1 rings (SSSR count). The third-order valence-electron chi connectivity index (χ3n) is 1.72. The topological polar surface area (TPSA) is 73.6 Å². The van der Waals surface area contributed by atoms with Crippen LogP contribution in [-0.2, 0) is 4.74 Å². The van der Waals surface area contributed by atoms with Crippen LogP contribution in [0.5, 0.6) is 6.08 Å². The fraction of sp³-hybridized carbons (Fsp3) is 0.600. The Hall–Kier alpha value is -1.56. The number of esters is 1. The summed E-state index contributed by atoms with van der Waals surface area (Å²) in [6, 6.07) is 0. The van der Waals surface area contributed by atoms with Gasteiger partial charge >= 0.3 is 12.0 Å². The van der Waals surface area contributed by atoms with Gasteiger partial charge in [-0.2, -0.15) is 4.98 Å². The van der Waals surface area contributed by atoms with E-state index in [2.05, 4.69) is 10.3 Å². The second-order valence-electron chi connectivity index (χ2n) is 2.92. The van der Waals surface area contributed by atoms with Gasteiger partial charge in [-0.25, -0.2) is 4.79 Å². The van der Waals surface area contributed by atoms with Gasteiger partial charge in [0.1, 0.15) is 12.9 Å². The predicted molar refractivity (Wildman–Crippen MR) is 56.5 cm³/mol. The maximum absolute atomic E-state index is 11.2. The molecule has 6 heteroatoms. The van der Waals surface area contributed by atoms with Crippen molar-refractivity contribution in [2.75, 3.05) is 26.3 Å². The summed E-state index contributed by atoms with van der Waals surface area (Å²) < 4.78 is 14.9. The normalized spacial score (nSPS) is 10.1. The monoisotopic (exact) mass is 228 g/mol. The lowest BCUT2D eigenvalue weighted by Crippen LogP contribution is -2.20. The smallest absolute Gasteiger partial charge is 0.394 e. The molecule has 1 N–H and O–H groups in total. The lowest BCUT2D eigenvalue weighted by molar-refractivity contribution is 0.0519. The van der Waals surface area contributed by atoms with Crippen LogP contribution >= 0.6 is 0 Å². The van der Waals surface area contributed by atoms with Crippen LogP contribution in [0.4, 0.5) is 0 Å². The number of ether oxygens (including phenoxy) is 2. The van der Waals surface area contributed by atoms with Gasteiger partial charge in [-0.05, 0) is 13.5 Å². The molecule has 0 amide bonds. The molecule has 0 fully saturated rings. The highest BCUT2D eigenvalue weighted by Crippen LogP contribution is 2.10. The van der Waals surface area contributed by atoms with Gasteiger partial charge in [0.15, 0.2) is 5.69 Å². The van der Waals surface area contributed by atoms with Crippen LogP contribution in [0.1, 0.15) is 24.3 Å². The lowest BCUT2D eigenvalue weighted by Gasteiger charge is -2.00. The summed E-state index contributed by atoms with van der Waals surface area (Å²) in [4.78, 5) is 15.1. The largest absolute Gasteiger partial charge is 0.461 e. The SMILES string of the molecule is CCNCCOc1nc(C(=O)OCC)co1. The number of hydrogen-bond acceptors (Lipinski definition) is 6. The van der Waals surface area contributed by atoms with Gasteiger partial charge < -0.3 is 19.2 Å². The Bertz CT molecular complexity index is 324. The minimum absolute atomic E-state index is 0.0842. The molecule has 0 aromatic carbocycles. The van der Waals surface area contributed by atoms with Crippen LogP contribution in [0.3, 0.4) is 0 Å². The molecule has 0 aliphatic rings. The molecule has 16 heavy (non-hydrogen) atoms. The van der Waals surface area contributed by atoms with E-state index in [0.717, 1.165) is 6.54 Å². The van der Waals surface area contributed by atoms with Crippen molar-refractivity contribution in [1.82, 2.24) is 10.3 Å². The summed E-state index contributed by atoms with van der Waals surface area (Å²) in [6.07, 6.45) is 1.31. The average molecular weight is 228 g/mol. The number of rotatable bonds is 7. The molecule has 0 unspecified atom stereocenters. The molecule has 0 radical (unpaired) electrons. The lowest BCUT2D eigenvalue weighted by atomic mass is 10.5. The third-order valence-corrected chi connectivity index (χ3v) is 1.72. The Labute approximate surface area is 93.9 Å². The van der Waals surface area contributed by atoms with E-state index in [4.69, 9.17) is 13.9 Å². The van der Waals surface area contributed by atoms with Crippen molar-refractivity contribution in [3.05, 3.63) is 12.0 Å². The predicted octanol–water partition coefficient (Wildman–Crippen LogP) is 0.840.